The van der Waals surface area contributed by atoms with Crippen molar-refractivity contribution in [2.45, 2.75) is 33.1 Å². The van der Waals surface area contributed by atoms with Gasteiger partial charge in [0.05, 0.1) is 18.4 Å². The van der Waals surface area contributed by atoms with Gasteiger partial charge in [0, 0.05) is 13.0 Å². The molecule has 0 atom stereocenters. The van der Waals surface area contributed by atoms with E-state index in [0.717, 1.165) is 17.7 Å². The minimum absolute atomic E-state index is 0.204. The number of anilines is 1. The molecule has 7 nitrogen and oxygen atoms in total. The lowest BCUT2D eigenvalue weighted by molar-refractivity contribution is -0.124. The highest BCUT2D eigenvalue weighted by molar-refractivity contribution is 6.01. The SMILES string of the molecule is COc1ccc(CCC(=O)Nc2ccccc2C(=O)OCC(=O)NCCC(C)C)cc1. The van der Waals surface area contributed by atoms with Crippen molar-refractivity contribution in [3.05, 3.63) is 59.7 Å². The molecule has 0 unspecified atom stereocenters. The predicted molar refractivity (Wildman–Crippen MR) is 119 cm³/mol. The minimum Gasteiger partial charge on any atom is -0.497 e. The summed E-state index contributed by atoms with van der Waals surface area (Å²) >= 11 is 0. The predicted octanol–water partition coefficient (Wildman–Crippen LogP) is 3.59. The van der Waals surface area contributed by atoms with E-state index in [1.54, 1.807) is 31.4 Å². The van der Waals surface area contributed by atoms with Crippen molar-refractivity contribution in [3.8, 4) is 5.75 Å². The lowest BCUT2D eigenvalue weighted by atomic mass is 10.1. The van der Waals surface area contributed by atoms with Crippen LogP contribution in [0.2, 0.25) is 0 Å². The summed E-state index contributed by atoms with van der Waals surface area (Å²) < 4.78 is 10.2. The van der Waals surface area contributed by atoms with E-state index >= 15 is 0 Å². The fourth-order valence-corrected chi connectivity index (χ4v) is 2.79. The molecule has 0 aromatic heterocycles. The van der Waals surface area contributed by atoms with Gasteiger partial charge < -0.3 is 20.1 Å². The molecule has 31 heavy (non-hydrogen) atoms. The maximum atomic E-state index is 12.4. The average molecular weight is 427 g/mol. The van der Waals surface area contributed by atoms with Gasteiger partial charge in [0.25, 0.3) is 5.91 Å². The van der Waals surface area contributed by atoms with Crippen molar-refractivity contribution in [1.29, 1.82) is 0 Å². The highest BCUT2D eigenvalue weighted by atomic mass is 16.5. The Labute approximate surface area is 183 Å². The maximum Gasteiger partial charge on any atom is 0.340 e. The number of methoxy groups -OCH3 is 1. The quantitative estimate of drug-likeness (QED) is 0.536. The van der Waals surface area contributed by atoms with Gasteiger partial charge in [0.1, 0.15) is 5.75 Å². The van der Waals surface area contributed by atoms with Crippen LogP contribution in [0.4, 0.5) is 5.69 Å². The third kappa shape index (κ3) is 8.50. The van der Waals surface area contributed by atoms with Crippen LogP contribution in [0, 0.1) is 5.92 Å². The van der Waals surface area contributed by atoms with E-state index in [2.05, 4.69) is 24.5 Å². The molecule has 0 bridgehead atoms. The largest absolute Gasteiger partial charge is 0.497 e. The van der Waals surface area contributed by atoms with Crippen molar-refractivity contribution in [2.24, 2.45) is 5.92 Å². The summed E-state index contributed by atoms with van der Waals surface area (Å²) in [7, 11) is 1.60. The lowest BCUT2D eigenvalue weighted by Crippen LogP contribution is -2.30. The van der Waals surface area contributed by atoms with Gasteiger partial charge in [-0.1, -0.05) is 38.1 Å². The molecule has 0 fully saturated rings. The van der Waals surface area contributed by atoms with Crippen LogP contribution < -0.4 is 15.4 Å². The Kier molecular flexibility index (Phi) is 9.55. The standard InChI is InChI=1S/C24H30N2O5/c1-17(2)14-15-25-23(28)16-31-24(29)20-6-4-5-7-21(20)26-22(27)13-10-18-8-11-19(30-3)12-9-18/h4-9,11-12,17H,10,13-16H2,1-3H3,(H,25,28)(H,26,27). The highest BCUT2D eigenvalue weighted by Crippen LogP contribution is 2.17. The number of benzene rings is 2. The summed E-state index contributed by atoms with van der Waals surface area (Å²) in [5, 5.41) is 5.47. The number of carbonyl (C=O) groups is 3. The molecule has 0 radical (unpaired) electrons. The van der Waals surface area contributed by atoms with E-state index in [1.165, 1.54) is 0 Å². The van der Waals surface area contributed by atoms with E-state index in [9.17, 15) is 14.4 Å². The fourth-order valence-electron chi connectivity index (χ4n) is 2.79. The number of hydrogen-bond donors (Lipinski definition) is 2. The highest BCUT2D eigenvalue weighted by Gasteiger charge is 2.16. The number of aryl methyl sites for hydroxylation is 1. The van der Waals surface area contributed by atoms with Crippen LogP contribution in [0.15, 0.2) is 48.5 Å². The molecule has 0 heterocycles. The Bertz CT molecular complexity index is 878. The molecule has 2 rings (SSSR count). The second-order valence-electron chi connectivity index (χ2n) is 7.55. The van der Waals surface area contributed by atoms with Crippen molar-refractivity contribution in [1.82, 2.24) is 5.32 Å². The van der Waals surface area contributed by atoms with Gasteiger partial charge in [0.15, 0.2) is 6.61 Å². The first-order chi connectivity index (χ1) is 14.9. The van der Waals surface area contributed by atoms with Crippen LogP contribution in [0.1, 0.15) is 42.6 Å². The van der Waals surface area contributed by atoms with Crippen LogP contribution in [-0.4, -0.2) is 38.0 Å². The number of nitrogens with one attached hydrogen (secondary N) is 2. The van der Waals surface area contributed by atoms with Gasteiger partial charge in [0.2, 0.25) is 5.91 Å². The summed E-state index contributed by atoms with van der Waals surface area (Å²) in [5.74, 6) is -0.000118. The maximum absolute atomic E-state index is 12.4. The van der Waals surface area contributed by atoms with Crippen LogP contribution in [0.5, 0.6) is 5.75 Å². The molecule has 0 saturated heterocycles. The normalized spacial score (nSPS) is 10.5. The van der Waals surface area contributed by atoms with Crippen LogP contribution >= 0.6 is 0 Å². The summed E-state index contributed by atoms with van der Waals surface area (Å²) in [6.45, 7) is 4.30. The van der Waals surface area contributed by atoms with Crippen LogP contribution in [-0.2, 0) is 20.7 Å². The zero-order valence-electron chi connectivity index (χ0n) is 18.3. The monoisotopic (exact) mass is 426 g/mol. The first kappa shape index (κ1) is 23.9. The Morgan fingerprint density at radius 3 is 2.35 bits per heavy atom. The third-order valence-corrected chi connectivity index (χ3v) is 4.60. The number of para-hydroxylation sites is 1. The number of amides is 2. The van der Waals surface area contributed by atoms with Crippen LogP contribution in [0.3, 0.4) is 0 Å². The number of ether oxygens (including phenoxy) is 2. The van der Waals surface area contributed by atoms with Gasteiger partial charge in [-0.05, 0) is 48.6 Å². The molecular weight excluding hydrogens is 396 g/mol. The topological polar surface area (TPSA) is 93.7 Å². The molecule has 2 aromatic rings. The fraction of sp³-hybridized carbons (Fsp3) is 0.375. The number of carbonyl (C=O) groups excluding carboxylic acids is 3. The van der Waals surface area contributed by atoms with Crippen LogP contribution in [0.25, 0.3) is 0 Å². The van der Waals surface area contributed by atoms with E-state index in [1.807, 2.05) is 24.3 Å². The third-order valence-electron chi connectivity index (χ3n) is 4.60. The number of esters is 1. The molecule has 2 amide bonds. The summed E-state index contributed by atoms with van der Waals surface area (Å²) in [5.41, 5.74) is 1.56. The summed E-state index contributed by atoms with van der Waals surface area (Å²) in [6, 6.07) is 14.1. The zero-order valence-corrected chi connectivity index (χ0v) is 18.3. The van der Waals surface area contributed by atoms with Gasteiger partial charge in [-0.25, -0.2) is 4.79 Å². The number of hydrogen-bond acceptors (Lipinski definition) is 5. The van der Waals surface area contributed by atoms with E-state index in [0.29, 0.717) is 24.6 Å². The first-order valence-corrected chi connectivity index (χ1v) is 10.3. The molecule has 2 N–H and O–H groups in total. The molecule has 0 saturated carbocycles. The minimum atomic E-state index is -0.662. The lowest BCUT2D eigenvalue weighted by Gasteiger charge is -2.11. The van der Waals surface area contributed by atoms with Crippen molar-refractivity contribution in [2.75, 3.05) is 25.6 Å². The van der Waals surface area contributed by atoms with E-state index in [4.69, 9.17) is 9.47 Å². The Morgan fingerprint density at radius 1 is 0.968 bits per heavy atom. The van der Waals surface area contributed by atoms with Crippen molar-refractivity contribution >= 4 is 23.5 Å². The summed E-state index contributed by atoms with van der Waals surface area (Å²) in [4.78, 5) is 36.6. The second kappa shape index (κ2) is 12.4. The molecule has 0 aliphatic carbocycles. The zero-order chi connectivity index (χ0) is 22.6. The molecule has 0 aliphatic heterocycles. The molecule has 166 valence electrons. The molecule has 7 heteroatoms. The Balaban J connectivity index is 1.86. The van der Waals surface area contributed by atoms with Crippen molar-refractivity contribution in [3.63, 3.8) is 0 Å². The van der Waals surface area contributed by atoms with Gasteiger partial charge in [-0.15, -0.1) is 0 Å². The van der Waals surface area contributed by atoms with Gasteiger partial charge >= 0.3 is 5.97 Å². The van der Waals surface area contributed by atoms with Crippen molar-refractivity contribution < 1.29 is 23.9 Å². The molecular formula is C24H30N2O5. The van der Waals surface area contributed by atoms with E-state index < -0.39 is 5.97 Å². The van der Waals surface area contributed by atoms with E-state index in [-0.39, 0.29) is 30.4 Å². The van der Waals surface area contributed by atoms with Gasteiger partial charge in [-0.3, -0.25) is 9.59 Å². The van der Waals surface area contributed by atoms with Gasteiger partial charge in [-0.2, -0.15) is 0 Å². The average Bonchev–Trinajstić information content (AvgIpc) is 2.76. The molecule has 0 aliphatic rings. The Hall–Kier alpha value is -3.35. The Morgan fingerprint density at radius 2 is 1.68 bits per heavy atom. The molecule has 2 aromatic carbocycles. The smallest absolute Gasteiger partial charge is 0.340 e. The number of rotatable bonds is 11. The summed E-state index contributed by atoms with van der Waals surface area (Å²) in [6.07, 6.45) is 1.66. The second-order valence-corrected chi connectivity index (χ2v) is 7.55. The first-order valence-electron chi connectivity index (χ1n) is 10.3. The molecule has 0 spiro atoms.